The smallest absolute Gasteiger partial charge is 0.186 e. The number of furan rings is 1. The maximum atomic E-state index is 5.18. The maximum absolute atomic E-state index is 5.18. The number of unbranched alkanes of at least 4 members (excludes halogenated alkanes) is 13. The Kier molecular flexibility index (Phi) is 15.8. The van der Waals surface area contributed by atoms with E-state index in [0.717, 1.165) is 13.0 Å². The van der Waals surface area contributed by atoms with Gasteiger partial charge >= 0.3 is 0 Å². The van der Waals surface area contributed by atoms with Crippen LogP contribution in [0.15, 0.2) is 27.9 Å². The highest BCUT2D eigenvalue weighted by atomic mass is 32.1. The van der Waals surface area contributed by atoms with Crippen molar-refractivity contribution >= 4 is 23.5 Å². The molecule has 0 saturated heterocycles. The molecule has 0 aliphatic carbocycles. The van der Waals surface area contributed by atoms with Crippen LogP contribution in [-0.4, -0.2) is 17.9 Å². The minimum Gasteiger partial charge on any atom is -0.463 e. The first-order valence-corrected chi connectivity index (χ1v) is 11.3. The Hall–Kier alpha value is -1.36. The van der Waals surface area contributed by atoms with E-state index in [4.69, 9.17) is 16.6 Å². The van der Waals surface area contributed by atoms with Crippen molar-refractivity contribution in [2.45, 2.75) is 96.8 Å². The van der Waals surface area contributed by atoms with Crippen molar-refractivity contribution in [1.29, 1.82) is 0 Å². The van der Waals surface area contributed by atoms with E-state index in [1.54, 1.807) is 12.5 Å². The van der Waals surface area contributed by atoms with Crippen molar-refractivity contribution in [3.05, 3.63) is 24.2 Å². The molecule has 27 heavy (non-hydrogen) atoms. The summed E-state index contributed by atoms with van der Waals surface area (Å²) in [5.41, 5.74) is 2.80. The van der Waals surface area contributed by atoms with Crippen LogP contribution in [0.1, 0.15) is 103 Å². The summed E-state index contributed by atoms with van der Waals surface area (Å²) in [5, 5.41) is 7.77. The minimum atomic E-state index is 0.563. The maximum Gasteiger partial charge on any atom is 0.186 e. The van der Waals surface area contributed by atoms with Gasteiger partial charge in [0.1, 0.15) is 5.76 Å². The quantitative estimate of drug-likeness (QED) is 0.136. The zero-order chi connectivity index (χ0) is 19.4. The van der Waals surface area contributed by atoms with Crippen molar-refractivity contribution < 1.29 is 4.42 Å². The minimum absolute atomic E-state index is 0.563. The Morgan fingerprint density at radius 1 is 0.926 bits per heavy atom. The van der Waals surface area contributed by atoms with E-state index < -0.39 is 0 Å². The second-order valence-corrected chi connectivity index (χ2v) is 7.65. The first-order valence-electron chi connectivity index (χ1n) is 10.9. The highest BCUT2D eigenvalue weighted by Crippen LogP contribution is 2.12. The van der Waals surface area contributed by atoms with Gasteiger partial charge in [0, 0.05) is 6.54 Å². The van der Waals surface area contributed by atoms with Gasteiger partial charge in [-0.2, -0.15) is 5.10 Å². The van der Waals surface area contributed by atoms with E-state index in [-0.39, 0.29) is 0 Å². The molecule has 0 atom stereocenters. The van der Waals surface area contributed by atoms with Gasteiger partial charge in [0.05, 0.1) is 12.5 Å². The molecule has 5 heteroatoms. The normalized spacial score (nSPS) is 11.1. The molecule has 0 aromatic carbocycles. The van der Waals surface area contributed by atoms with Gasteiger partial charge in [-0.25, -0.2) is 0 Å². The summed E-state index contributed by atoms with van der Waals surface area (Å²) >= 11 is 5.18. The van der Waals surface area contributed by atoms with Crippen molar-refractivity contribution in [3.63, 3.8) is 0 Å². The number of hydrogen-bond acceptors (Lipinski definition) is 3. The van der Waals surface area contributed by atoms with E-state index in [1.165, 1.54) is 83.5 Å². The van der Waals surface area contributed by atoms with Gasteiger partial charge in [0.15, 0.2) is 5.11 Å². The van der Waals surface area contributed by atoms with Crippen molar-refractivity contribution in [3.8, 4) is 0 Å². The van der Waals surface area contributed by atoms with Gasteiger partial charge in [0.25, 0.3) is 0 Å². The summed E-state index contributed by atoms with van der Waals surface area (Å²) < 4.78 is 5.15. The van der Waals surface area contributed by atoms with Gasteiger partial charge in [-0.05, 0) is 30.8 Å². The average Bonchev–Trinajstić information content (AvgIpc) is 3.18. The molecule has 2 N–H and O–H groups in total. The largest absolute Gasteiger partial charge is 0.463 e. The highest BCUT2D eigenvalue weighted by Gasteiger charge is 1.96. The monoisotopic (exact) mass is 393 g/mol. The van der Waals surface area contributed by atoms with Gasteiger partial charge in [0.2, 0.25) is 0 Å². The Labute approximate surface area is 171 Å². The van der Waals surface area contributed by atoms with E-state index in [2.05, 4.69) is 22.8 Å². The predicted molar refractivity (Wildman–Crippen MR) is 120 cm³/mol. The lowest BCUT2D eigenvalue weighted by Gasteiger charge is -2.06. The summed E-state index contributed by atoms with van der Waals surface area (Å²) in [6.45, 7) is 3.18. The summed E-state index contributed by atoms with van der Waals surface area (Å²) in [7, 11) is 0. The third-order valence-electron chi connectivity index (χ3n) is 4.72. The van der Waals surface area contributed by atoms with Crippen LogP contribution >= 0.6 is 12.2 Å². The van der Waals surface area contributed by atoms with Crippen molar-refractivity contribution in [1.82, 2.24) is 10.7 Å². The fourth-order valence-corrected chi connectivity index (χ4v) is 3.24. The molecule has 0 aliphatic rings. The number of rotatable bonds is 17. The fraction of sp³-hybridized carbons (Fsp3) is 0.727. The van der Waals surface area contributed by atoms with Crippen LogP contribution in [0.2, 0.25) is 0 Å². The molecule has 0 aliphatic heterocycles. The lowest BCUT2D eigenvalue weighted by atomic mass is 10.0. The summed E-state index contributed by atoms with van der Waals surface area (Å²) in [6, 6.07) is 3.67. The van der Waals surface area contributed by atoms with E-state index >= 15 is 0 Å². The van der Waals surface area contributed by atoms with Crippen LogP contribution in [0.25, 0.3) is 0 Å². The SMILES string of the molecule is CCCCCCCCCCCCCCCCNC(=S)N/N=C\c1ccco1. The van der Waals surface area contributed by atoms with Crippen molar-refractivity contribution in [2.24, 2.45) is 5.10 Å². The molecular weight excluding hydrogens is 354 g/mol. The molecule has 0 saturated carbocycles. The molecule has 1 rings (SSSR count). The number of nitrogens with zero attached hydrogens (tertiary/aromatic N) is 1. The molecule has 1 aromatic rings. The first kappa shape index (κ1) is 23.7. The van der Waals surface area contributed by atoms with Crippen LogP contribution in [0.3, 0.4) is 0 Å². The lowest BCUT2D eigenvalue weighted by molar-refractivity contribution is 0.535. The molecule has 0 radical (unpaired) electrons. The molecule has 0 unspecified atom stereocenters. The van der Waals surface area contributed by atoms with Gasteiger partial charge in [-0.1, -0.05) is 90.4 Å². The molecule has 1 aromatic heterocycles. The zero-order valence-corrected chi connectivity index (χ0v) is 18.0. The summed E-state index contributed by atoms with van der Waals surface area (Å²) in [5.74, 6) is 0.706. The fourth-order valence-electron chi connectivity index (χ4n) is 3.08. The third kappa shape index (κ3) is 15.4. The molecule has 0 fully saturated rings. The zero-order valence-electron chi connectivity index (χ0n) is 17.2. The van der Waals surface area contributed by atoms with Crippen LogP contribution in [-0.2, 0) is 0 Å². The van der Waals surface area contributed by atoms with Crippen LogP contribution in [0, 0.1) is 0 Å². The first-order chi connectivity index (χ1) is 13.3. The van der Waals surface area contributed by atoms with Crippen molar-refractivity contribution in [2.75, 3.05) is 6.54 Å². The van der Waals surface area contributed by atoms with Crippen LogP contribution in [0.4, 0.5) is 0 Å². The molecule has 1 heterocycles. The third-order valence-corrected chi connectivity index (χ3v) is 4.95. The van der Waals surface area contributed by atoms with E-state index in [0.29, 0.717) is 10.9 Å². The Bertz CT molecular complexity index is 474. The molecule has 0 spiro atoms. The number of thiocarbonyl (C=S) groups is 1. The topological polar surface area (TPSA) is 49.6 Å². The second-order valence-electron chi connectivity index (χ2n) is 7.24. The Morgan fingerprint density at radius 2 is 1.48 bits per heavy atom. The number of nitrogens with one attached hydrogen (secondary N) is 2. The second kappa shape index (κ2) is 18.0. The van der Waals surface area contributed by atoms with E-state index in [9.17, 15) is 0 Å². The molecule has 0 amide bonds. The van der Waals surface area contributed by atoms with Gasteiger partial charge < -0.3 is 9.73 Å². The highest BCUT2D eigenvalue weighted by molar-refractivity contribution is 7.80. The number of hydrazone groups is 1. The van der Waals surface area contributed by atoms with Gasteiger partial charge in [-0.3, -0.25) is 5.43 Å². The Balaban J connectivity index is 1.76. The predicted octanol–water partition coefficient (Wildman–Crippen LogP) is 6.56. The summed E-state index contributed by atoms with van der Waals surface area (Å²) in [4.78, 5) is 0. The molecular formula is C22H39N3OS. The van der Waals surface area contributed by atoms with Crippen LogP contribution in [0.5, 0.6) is 0 Å². The summed E-state index contributed by atoms with van der Waals surface area (Å²) in [6.07, 6.45) is 22.5. The molecule has 4 nitrogen and oxygen atoms in total. The average molecular weight is 394 g/mol. The molecule has 0 bridgehead atoms. The van der Waals surface area contributed by atoms with Crippen LogP contribution < -0.4 is 10.7 Å². The Morgan fingerprint density at radius 3 is 2.00 bits per heavy atom. The number of hydrogen-bond donors (Lipinski definition) is 2. The molecule has 154 valence electrons. The standard InChI is InChI=1S/C22H39N3OS/c1-2-3-4-5-6-7-8-9-10-11-12-13-14-15-18-23-22(27)25-24-20-21-17-16-19-26-21/h16-17,19-20H,2-15,18H2,1H3,(H2,23,25,27)/b24-20-. The van der Waals surface area contributed by atoms with Gasteiger partial charge in [-0.15, -0.1) is 0 Å². The van der Waals surface area contributed by atoms with E-state index in [1.807, 2.05) is 12.1 Å². The lowest BCUT2D eigenvalue weighted by Crippen LogP contribution is -2.32.